The van der Waals surface area contributed by atoms with Crippen molar-refractivity contribution in [3.05, 3.63) is 23.8 Å². The largest absolute Gasteiger partial charge is 0.477 e. The minimum atomic E-state index is -0.924. The lowest BCUT2D eigenvalue weighted by Gasteiger charge is -1.97. The Bertz CT molecular complexity index is 554. The third kappa shape index (κ3) is 2.39. The van der Waals surface area contributed by atoms with Crippen LogP contribution in [0.5, 0.6) is 0 Å². The van der Waals surface area contributed by atoms with Gasteiger partial charge in [0.1, 0.15) is 5.69 Å². The summed E-state index contributed by atoms with van der Waals surface area (Å²) in [6, 6.07) is 0. The monoisotopic (exact) mass is 249 g/mol. The first-order chi connectivity index (χ1) is 8.63. The molecule has 0 aliphatic heterocycles. The number of carboxylic acids is 1. The van der Waals surface area contributed by atoms with Gasteiger partial charge < -0.3 is 9.67 Å². The van der Waals surface area contributed by atoms with Gasteiger partial charge in [0.25, 0.3) is 0 Å². The first-order valence-corrected chi connectivity index (χ1v) is 6.40. The molecule has 1 N–H and O–H groups in total. The molecule has 0 amide bonds. The molecule has 0 saturated carbocycles. The average Bonchev–Trinajstić information content (AvgIpc) is 2.85. The minimum Gasteiger partial charge on any atom is -0.477 e. The standard InChI is InChI=1S/C13H19N3O2/c1-3-4-5-6-7-10-8-16-9-11(12(17)18)15(2)13(16)14-10/h8-9H,3-7H2,1-2H3,(H,17,18). The number of unbranched alkanes of at least 4 members (excludes halogenated alkanes) is 3. The van der Waals surface area contributed by atoms with Crippen molar-refractivity contribution >= 4 is 11.7 Å². The molecule has 0 spiro atoms. The summed E-state index contributed by atoms with van der Waals surface area (Å²) >= 11 is 0. The number of hydrogen-bond donors (Lipinski definition) is 1. The van der Waals surface area contributed by atoms with Gasteiger partial charge in [0.15, 0.2) is 0 Å². The second kappa shape index (κ2) is 5.25. The molecule has 0 atom stereocenters. The quantitative estimate of drug-likeness (QED) is 0.800. The van der Waals surface area contributed by atoms with Crippen molar-refractivity contribution in [3.8, 4) is 0 Å². The molecule has 0 aliphatic carbocycles. The van der Waals surface area contributed by atoms with E-state index in [0.717, 1.165) is 18.5 Å². The lowest BCUT2D eigenvalue weighted by Crippen LogP contribution is -2.04. The third-order valence-corrected chi connectivity index (χ3v) is 3.19. The van der Waals surface area contributed by atoms with Gasteiger partial charge in [-0.05, 0) is 12.8 Å². The molecule has 5 nitrogen and oxygen atoms in total. The van der Waals surface area contributed by atoms with Crippen molar-refractivity contribution < 1.29 is 9.90 Å². The van der Waals surface area contributed by atoms with Crippen LogP contribution in [-0.2, 0) is 13.5 Å². The van der Waals surface area contributed by atoms with Crippen LogP contribution in [-0.4, -0.2) is 25.0 Å². The Kier molecular flexibility index (Phi) is 3.69. The number of hydrogen-bond acceptors (Lipinski definition) is 2. The highest BCUT2D eigenvalue weighted by Gasteiger charge is 2.14. The number of nitrogens with zero attached hydrogens (tertiary/aromatic N) is 3. The fraction of sp³-hybridized carbons (Fsp3) is 0.538. The van der Waals surface area contributed by atoms with E-state index in [4.69, 9.17) is 5.11 Å². The fourth-order valence-corrected chi connectivity index (χ4v) is 2.15. The molecular weight excluding hydrogens is 230 g/mol. The number of aromatic nitrogens is 3. The lowest BCUT2D eigenvalue weighted by molar-refractivity contribution is 0.0686. The van der Waals surface area contributed by atoms with Crippen LogP contribution in [0.2, 0.25) is 0 Å². The Morgan fingerprint density at radius 2 is 2.11 bits per heavy atom. The molecule has 0 unspecified atom stereocenters. The van der Waals surface area contributed by atoms with Gasteiger partial charge in [-0.25, -0.2) is 9.78 Å². The van der Waals surface area contributed by atoms with Gasteiger partial charge in [0, 0.05) is 19.4 Å². The van der Waals surface area contributed by atoms with Gasteiger partial charge in [-0.1, -0.05) is 26.2 Å². The van der Waals surface area contributed by atoms with Gasteiger partial charge in [-0.2, -0.15) is 0 Å². The van der Waals surface area contributed by atoms with Gasteiger partial charge in [0.05, 0.1) is 5.69 Å². The minimum absolute atomic E-state index is 0.259. The summed E-state index contributed by atoms with van der Waals surface area (Å²) < 4.78 is 3.40. The van der Waals surface area contributed by atoms with Crippen molar-refractivity contribution in [3.63, 3.8) is 0 Å². The second-order valence-electron chi connectivity index (χ2n) is 4.63. The SMILES string of the molecule is CCCCCCc1cn2cc(C(=O)O)n(C)c2n1. The Morgan fingerprint density at radius 1 is 1.33 bits per heavy atom. The summed E-state index contributed by atoms with van der Waals surface area (Å²) in [5.74, 6) is -0.231. The van der Waals surface area contributed by atoms with Crippen LogP contribution >= 0.6 is 0 Å². The Labute approximate surface area is 106 Å². The van der Waals surface area contributed by atoms with Crippen LogP contribution in [0.1, 0.15) is 48.8 Å². The third-order valence-electron chi connectivity index (χ3n) is 3.19. The van der Waals surface area contributed by atoms with Crippen LogP contribution in [0.25, 0.3) is 5.78 Å². The van der Waals surface area contributed by atoms with E-state index in [2.05, 4.69) is 11.9 Å². The summed E-state index contributed by atoms with van der Waals surface area (Å²) in [4.78, 5) is 15.4. The Morgan fingerprint density at radius 3 is 2.72 bits per heavy atom. The van der Waals surface area contributed by atoms with E-state index >= 15 is 0 Å². The van der Waals surface area contributed by atoms with Crippen LogP contribution in [0.3, 0.4) is 0 Å². The smallest absolute Gasteiger partial charge is 0.354 e. The molecule has 0 radical (unpaired) electrons. The first kappa shape index (κ1) is 12.7. The summed E-state index contributed by atoms with van der Waals surface area (Å²) in [5, 5.41) is 8.99. The zero-order valence-electron chi connectivity index (χ0n) is 10.9. The van der Waals surface area contributed by atoms with E-state index in [0.29, 0.717) is 5.78 Å². The Balaban J connectivity index is 2.12. The fourth-order valence-electron chi connectivity index (χ4n) is 2.15. The topological polar surface area (TPSA) is 59.5 Å². The van der Waals surface area contributed by atoms with Gasteiger partial charge in [-0.15, -0.1) is 0 Å². The summed E-state index contributed by atoms with van der Waals surface area (Å²) in [5.41, 5.74) is 1.30. The number of aromatic carboxylic acids is 1. The predicted octanol–water partition coefficient (Wildman–Crippen LogP) is 2.49. The predicted molar refractivity (Wildman–Crippen MR) is 69.0 cm³/mol. The number of fused-ring (bicyclic) bond motifs is 1. The van der Waals surface area contributed by atoms with E-state index in [1.54, 1.807) is 22.2 Å². The molecule has 0 saturated heterocycles. The normalized spacial score (nSPS) is 11.2. The van der Waals surface area contributed by atoms with Crippen LogP contribution in [0.4, 0.5) is 0 Å². The van der Waals surface area contributed by atoms with E-state index in [1.807, 2.05) is 6.20 Å². The highest BCUT2D eigenvalue weighted by atomic mass is 16.4. The summed E-state index contributed by atoms with van der Waals surface area (Å²) in [7, 11) is 1.73. The zero-order chi connectivity index (χ0) is 13.1. The molecule has 98 valence electrons. The first-order valence-electron chi connectivity index (χ1n) is 6.40. The Hall–Kier alpha value is -1.78. The zero-order valence-corrected chi connectivity index (χ0v) is 10.9. The van der Waals surface area contributed by atoms with Crippen molar-refractivity contribution in [1.82, 2.24) is 14.0 Å². The number of aryl methyl sites for hydroxylation is 2. The number of carbonyl (C=O) groups is 1. The molecule has 0 aromatic carbocycles. The highest BCUT2D eigenvalue weighted by Crippen LogP contribution is 2.12. The molecule has 2 aromatic heterocycles. The lowest BCUT2D eigenvalue weighted by atomic mass is 10.1. The molecule has 2 heterocycles. The van der Waals surface area contributed by atoms with E-state index in [1.165, 1.54) is 19.3 Å². The van der Waals surface area contributed by atoms with Crippen LogP contribution in [0, 0.1) is 0 Å². The number of carboxylic acid groups (broad SMARTS) is 1. The molecule has 0 bridgehead atoms. The van der Waals surface area contributed by atoms with Crippen LogP contribution < -0.4 is 0 Å². The summed E-state index contributed by atoms with van der Waals surface area (Å²) in [6.45, 7) is 2.19. The maximum atomic E-state index is 11.0. The van der Waals surface area contributed by atoms with Crippen LogP contribution in [0.15, 0.2) is 12.4 Å². The maximum absolute atomic E-state index is 11.0. The van der Waals surface area contributed by atoms with Crippen molar-refractivity contribution in [2.24, 2.45) is 7.05 Å². The molecule has 0 fully saturated rings. The molecule has 5 heteroatoms. The molecule has 0 aliphatic rings. The highest BCUT2D eigenvalue weighted by molar-refractivity contribution is 5.86. The van der Waals surface area contributed by atoms with Crippen molar-refractivity contribution in [2.45, 2.75) is 39.0 Å². The van der Waals surface area contributed by atoms with Crippen molar-refractivity contribution in [2.75, 3.05) is 0 Å². The molecule has 2 aromatic rings. The van der Waals surface area contributed by atoms with Crippen molar-refractivity contribution in [1.29, 1.82) is 0 Å². The van der Waals surface area contributed by atoms with E-state index in [9.17, 15) is 4.79 Å². The summed E-state index contributed by atoms with van der Waals surface area (Å²) in [6.07, 6.45) is 9.36. The molecule has 2 rings (SSSR count). The number of rotatable bonds is 6. The van der Waals surface area contributed by atoms with Gasteiger partial charge >= 0.3 is 5.97 Å². The molecular formula is C13H19N3O2. The maximum Gasteiger partial charge on any atom is 0.354 e. The van der Waals surface area contributed by atoms with Gasteiger partial charge in [-0.3, -0.25) is 4.40 Å². The van der Waals surface area contributed by atoms with E-state index < -0.39 is 5.97 Å². The van der Waals surface area contributed by atoms with Gasteiger partial charge in [0.2, 0.25) is 5.78 Å². The second-order valence-corrected chi connectivity index (χ2v) is 4.63. The average molecular weight is 249 g/mol. The van der Waals surface area contributed by atoms with E-state index in [-0.39, 0.29) is 5.69 Å². The molecule has 18 heavy (non-hydrogen) atoms. The number of imidazole rings is 2.